The summed E-state index contributed by atoms with van der Waals surface area (Å²) in [7, 11) is 0. The van der Waals surface area contributed by atoms with Gasteiger partial charge in [-0.2, -0.15) is 0 Å². The van der Waals surface area contributed by atoms with Gasteiger partial charge < -0.3 is 10.3 Å². The first kappa shape index (κ1) is 12.9. The Morgan fingerprint density at radius 2 is 2.24 bits per heavy atom. The predicted octanol–water partition coefficient (Wildman–Crippen LogP) is 4.24. The van der Waals surface area contributed by atoms with Gasteiger partial charge in [0, 0.05) is 19.2 Å². The van der Waals surface area contributed by atoms with Crippen LogP contribution in [0.5, 0.6) is 0 Å². The Hall–Kier alpha value is -0.560. The second kappa shape index (κ2) is 5.39. The maximum atomic E-state index is 5.83. The fourth-order valence-corrected chi connectivity index (χ4v) is 2.61. The summed E-state index contributed by atoms with van der Waals surface area (Å²) in [6.07, 6.45) is 1.89. The highest BCUT2D eigenvalue weighted by Gasteiger charge is 2.17. The maximum Gasteiger partial charge on any atom is 0.173 e. The average Bonchev–Trinajstić information content (AvgIpc) is 2.65. The molecule has 5 heteroatoms. The lowest BCUT2D eigenvalue weighted by molar-refractivity contribution is 0.434. The second-order valence-corrected chi connectivity index (χ2v) is 5.85. The zero-order valence-electron chi connectivity index (χ0n) is 9.34. The summed E-state index contributed by atoms with van der Waals surface area (Å²) < 4.78 is 7.50. The lowest BCUT2D eigenvalue weighted by Gasteiger charge is -2.04. The van der Waals surface area contributed by atoms with Crippen LogP contribution in [0.25, 0.3) is 11.3 Å². The van der Waals surface area contributed by atoms with E-state index in [1.165, 1.54) is 0 Å². The highest BCUT2D eigenvalue weighted by atomic mass is 127. The minimum Gasteiger partial charge on any atom is -0.381 e. The minimum absolute atomic E-state index is 0.493. The maximum absolute atomic E-state index is 5.83. The first-order valence-electron chi connectivity index (χ1n) is 5.33. The molecule has 90 valence electrons. The van der Waals surface area contributed by atoms with E-state index in [4.69, 9.17) is 10.3 Å². The monoisotopic (exact) mass is 406 g/mol. The van der Waals surface area contributed by atoms with E-state index < -0.39 is 0 Å². The van der Waals surface area contributed by atoms with Gasteiger partial charge in [-0.25, -0.2) is 0 Å². The van der Waals surface area contributed by atoms with Gasteiger partial charge in [-0.1, -0.05) is 34.4 Å². The number of hydrogen-bond donors (Lipinski definition) is 1. The van der Waals surface area contributed by atoms with Crippen molar-refractivity contribution < 1.29 is 4.52 Å². The number of hydrogen-bond acceptors (Lipinski definition) is 3. The van der Waals surface area contributed by atoms with E-state index in [0.717, 1.165) is 37.8 Å². The fraction of sp³-hybridized carbons (Fsp3) is 0.250. The molecule has 2 N–H and O–H groups in total. The van der Waals surface area contributed by atoms with Crippen LogP contribution in [0.1, 0.15) is 18.9 Å². The molecule has 0 amide bonds. The number of halogens is 2. The molecule has 0 saturated carbocycles. The lowest BCUT2D eigenvalue weighted by Crippen LogP contribution is -1.93. The van der Waals surface area contributed by atoms with Gasteiger partial charge in [-0.05, 0) is 47.2 Å². The molecule has 3 nitrogen and oxygen atoms in total. The third kappa shape index (κ3) is 2.65. The van der Waals surface area contributed by atoms with Crippen molar-refractivity contribution in [1.82, 2.24) is 5.16 Å². The molecule has 17 heavy (non-hydrogen) atoms. The molecule has 0 fully saturated rings. The standard InChI is InChI=1S/C12H12BrIN2O/c1-2-3-8-11(17-16-12(8)15)9-6-7(14)4-5-10(9)13/h4-6H,2-3H2,1H3,(H2,15,16). The van der Waals surface area contributed by atoms with E-state index in [0.29, 0.717) is 5.82 Å². The van der Waals surface area contributed by atoms with Crippen molar-refractivity contribution in [2.45, 2.75) is 19.8 Å². The van der Waals surface area contributed by atoms with E-state index >= 15 is 0 Å². The first-order chi connectivity index (χ1) is 8.13. The minimum atomic E-state index is 0.493. The first-order valence-corrected chi connectivity index (χ1v) is 7.20. The third-order valence-corrected chi connectivity index (χ3v) is 3.85. The molecule has 0 bridgehead atoms. The molecule has 0 unspecified atom stereocenters. The Balaban J connectivity index is 2.56. The van der Waals surface area contributed by atoms with Gasteiger partial charge in [0.15, 0.2) is 11.6 Å². The molecular weight excluding hydrogens is 395 g/mol. The highest BCUT2D eigenvalue weighted by molar-refractivity contribution is 14.1. The molecule has 1 aromatic heterocycles. The van der Waals surface area contributed by atoms with Crippen LogP contribution in [0.4, 0.5) is 5.82 Å². The molecule has 1 aromatic carbocycles. The van der Waals surface area contributed by atoms with E-state index in [2.05, 4.69) is 56.7 Å². The van der Waals surface area contributed by atoms with Crippen molar-refractivity contribution in [1.29, 1.82) is 0 Å². The predicted molar refractivity (Wildman–Crippen MR) is 80.8 cm³/mol. The van der Waals surface area contributed by atoms with Gasteiger partial charge in [-0.3, -0.25) is 0 Å². The fourth-order valence-electron chi connectivity index (χ4n) is 1.70. The van der Waals surface area contributed by atoms with Crippen LogP contribution in [0, 0.1) is 3.57 Å². The number of anilines is 1. The zero-order valence-corrected chi connectivity index (χ0v) is 13.1. The molecule has 0 spiro atoms. The van der Waals surface area contributed by atoms with Crippen molar-refractivity contribution in [3.05, 3.63) is 31.8 Å². The smallest absolute Gasteiger partial charge is 0.173 e. The van der Waals surface area contributed by atoms with Crippen LogP contribution in [-0.2, 0) is 6.42 Å². The quantitative estimate of drug-likeness (QED) is 0.775. The Bertz CT molecular complexity index is 539. The number of nitrogens with zero attached hydrogens (tertiary/aromatic N) is 1. The number of rotatable bonds is 3. The van der Waals surface area contributed by atoms with Crippen molar-refractivity contribution in [3.8, 4) is 11.3 Å². The molecule has 0 atom stereocenters. The van der Waals surface area contributed by atoms with Crippen molar-refractivity contribution >= 4 is 44.3 Å². The third-order valence-electron chi connectivity index (χ3n) is 2.49. The number of aromatic nitrogens is 1. The van der Waals surface area contributed by atoms with Crippen molar-refractivity contribution in [2.75, 3.05) is 5.73 Å². The summed E-state index contributed by atoms with van der Waals surface area (Å²) in [5.41, 5.74) is 7.83. The number of nitrogen functional groups attached to an aromatic ring is 1. The van der Waals surface area contributed by atoms with E-state index in [1.54, 1.807) is 0 Å². The van der Waals surface area contributed by atoms with E-state index in [1.807, 2.05) is 12.1 Å². The van der Waals surface area contributed by atoms with Crippen molar-refractivity contribution in [3.63, 3.8) is 0 Å². The van der Waals surface area contributed by atoms with Gasteiger partial charge in [0.2, 0.25) is 0 Å². The molecule has 0 saturated heterocycles. The molecule has 2 rings (SSSR count). The average molecular weight is 407 g/mol. The molecule has 2 aromatic rings. The van der Waals surface area contributed by atoms with Gasteiger partial charge >= 0.3 is 0 Å². The Kier molecular flexibility index (Phi) is 4.09. The summed E-state index contributed by atoms with van der Waals surface area (Å²) in [6, 6.07) is 6.10. The topological polar surface area (TPSA) is 52.0 Å². The lowest BCUT2D eigenvalue weighted by atomic mass is 10.1. The van der Waals surface area contributed by atoms with Crippen LogP contribution >= 0.6 is 38.5 Å². The van der Waals surface area contributed by atoms with E-state index in [9.17, 15) is 0 Å². The number of nitrogens with two attached hydrogens (primary N) is 1. The molecule has 0 aliphatic carbocycles. The Morgan fingerprint density at radius 3 is 2.94 bits per heavy atom. The SMILES string of the molecule is CCCc1c(N)noc1-c1cc(I)ccc1Br. The van der Waals surface area contributed by atoms with Crippen LogP contribution in [0.2, 0.25) is 0 Å². The largest absolute Gasteiger partial charge is 0.381 e. The highest BCUT2D eigenvalue weighted by Crippen LogP contribution is 2.34. The number of benzene rings is 1. The van der Waals surface area contributed by atoms with Gasteiger partial charge in [0.1, 0.15) is 0 Å². The Labute approximate surface area is 122 Å². The van der Waals surface area contributed by atoms with E-state index in [-0.39, 0.29) is 0 Å². The van der Waals surface area contributed by atoms with Crippen LogP contribution in [0.15, 0.2) is 27.2 Å². The van der Waals surface area contributed by atoms with Crippen LogP contribution in [0.3, 0.4) is 0 Å². The zero-order chi connectivity index (χ0) is 12.4. The van der Waals surface area contributed by atoms with Crippen molar-refractivity contribution in [2.24, 2.45) is 0 Å². The van der Waals surface area contributed by atoms with Crippen LogP contribution < -0.4 is 5.73 Å². The summed E-state index contributed by atoms with van der Waals surface area (Å²) >= 11 is 5.80. The summed E-state index contributed by atoms with van der Waals surface area (Å²) in [6.45, 7) is 2.11. The van der Waals surface area contributed by atoms with Gasteiger partial charge in [0.25, 0.3) is 0 Å². The van der Waals surface area contributed by atoms with Gasteiger partial charge in [-0.15, -0.1) is 0 Å². The summed E-state index contributed by atoms with van der Waals surface area (Å²) in [5.74, 6) is 1.27. The molecular formula is C12H12BrIN2O. The molecule has 0 aliphatic rings. The summed E-state index contributed by atoms with van der Waals surface area (Å²) in [4.78, 5) is 0. The summed E-state index contributed by atoms with van der Waals surface area (Å²) in [5, 5.41) is 3.86. The normalized spacial score (nSPS) is 10.8. The molecule has 0 aliphatic heterocycles. The molecule has 0 radical (unpaired) electrons. The molecule has 1 heterocycles. The van der Waals surface area contributed by atoms with Crippen LogP contribution in [-0.4, -0.2) is 5.16 Å². The van der Waals surface area contributed by atoms with Gasteiger partial charge in [0.05, 0.1) is 0 Å². The second-order valence-electron chi connectivity index (χ2n) is 3.75. The Morgan fingerprint density at radius 1 is 1.47 bits per heavy atom.